The zero-order valence-corrected chi connectivity index (χ0v) is 21.1. The number of nitrogens with zero attached hydrogens (tertiary/aromatic N) is 3. The third kappa shape index (κ3) is 4.60. The Labute approximate surface area is 213 Å². The van der Waals surface area contributed by atoms with Crippen LogP contribution in [0, 0.1) is 6.92 Å². The van der Waals surface area contributed by atoms with E-state index in [9.17, 15) is 0 Å². The summed E-state index contributed by atoms with van der Waals surface area (Å²) in [6.07, 6.45) is 9.97. The van der Waals surface area contributed by atoms with Gasteiger partial charge in [-0.2, -0.15) is 5.10 Å². The molecule has 5 nitrogen and oxygen atoms in total. The number of anilines is 2. The average Bonchev–Trinajstić information content (AvgIpc) is 3.38. The smallest absolute Gasteiger partial charge is 0.150 e. The van der Waals surface area contributed by atoms with Crippen LogP contribution in [-0.4, -0.2) is 28.5 Å². The second-order valence-corrected chi connectivity index (χ2v) is 10.1. The van der Waals surface area contributed by atoms with Crippen LogP contribution in [0.15, 0.2) is 79.0 Å². The molecule has 1 aliphatic heterocycles. The summed E-state index contributed by atoms with van der Waals surface area (Å²) in [7, 11) is 0. The van der Waals surface area contributed by atoms with Crippen LogP contribution in [0.4, 0.5) is 11.4 Å². The predicted molar refractivity (Wildman–Crippen MR) is 145 cm³/mol. The van der Waals surface area contributed by atoms with Crippen molar-refractivity contribution in [2.45, 2.75) is 70.2 Å². The van der Waals surface area contributed by atoms with E-state index in [1.54, 1.807) is 0 Å². The predicted octanol–water partition coefficient (Wildman–Crippen LogP) is 7.57. The van der Waals surface area contributed by atoms with Gasteiger partial charge >= 0.3 is 0 Å². The maximum atomic E-state index is 6.71. The SMILES string of the molecule is Cc1c(OC2CCCC(N(c3ccccc3)c3ccccc3)C2)ccc2c1cnn2C1CCCCO1. The van der Waals surface area contributed by atoms with E-state index in [0.29, 0.717) is 6.04 Å². The van der Waals surface area contributed by atoms with Gasteiger partial charge in [0, 0.05) is 41.4 Å². The van der Waals surface area contributed by atoms with E-state index in [2.05, 4.69) is 89.3 Å². The second kappa shape index (κ2) is 10.4. The molecule has 1 saturated heterocycles. The molecule has 0 bridgehead atoms. The van der Waals surface area contributed by atoms with Crippen LogP contribution < -0.4 is 9.64 Å². The molecule has 1 aliphatic carbocycles. The maximum Gasteiger partial charge on any atom is 0.150 e. The summed E-state index contributed by atoms with van der Waals surface area (Å²) >= 11 is 0. The number of hydrogen-bond acceptors (Lipinski definition) is 4. The Morgan fingerprint density at radius 2 is 1.61 bits per heavy atom. The zero-order valence-electron chi connectivity index (χ0n) is 21.1. The number of para-hydroxylation sites is 2. The molecule has 1 aromatic heterocycles. The normalized spacial score (nSPS) is 22.4. The average molecular weight is 482 g/mol. The number of aryl methyl sites for hydroxylation is 1. The Morgan fingerprint density at radius 1 is 0.861 bits per heavy atom. The number of rotatable bonds is 6. The summed E-state index contributed by atoms with van der Waals surface area (Å²) in [6.45, 7) is 2.98. The molecular formula is C31H35N3O2. The van der Waals surface area contributed by atoms with E-state index >= 15 is 0 Å². The molecule has 3 unspecified atom stereocenters. The van der Waals surface area contributed by atoms with E-state index in [-0.39, 0.29) is 12.3 Å². The topological polar surface area (TPSA) is 39.5 Å². The lowest BCUT2D eigenvalue weighted by Crippen LogP contribution is -2.39. The first kappa shape index (κ1) is 23.1. The highest BCUT2D eigenvalue weighted by Gasteiger charge is 2.30. The minimum atomic E-state index is 0.0449. The van der Waals surface area contributed by atoms with Crippen LogP contribution in [0.3, 0.4) is 0 Å². The summed E-state index contributed by atoms with van der Waals surface area (Å²) in [5.74, 6) is 0.975. The lowest BCUT2D eigenvalue weighted by molar-refractivity contribution is -0.0366. The first-order chi connectivity index (χ1) is 17.8. The molecule has 0 N–H and O–H groups in total. The minimum absolute atomic E-state index is 0.0449. The van der Waals surface area contributed by atoms with Crippen LogP contribution in [0.5, 0.6) is 5.75 Å². The Hall–Kier alpha value is -3.31. The summed E-state index contributed by atoms with van der Waals surface area (Å²) in [5.41, 5.74) is 4.78. The molecule has 1 saturated carbocycles. The van der Waals surface area contributed by atoms with Crippen molar-refractivity contribution in [3.8, 4) is 5.75 Å². The maximum absolute atomic E-state index is 6.71. The van der Waals surface area contributed by atoms with E-state index in [4.69, 9.17) is 14.6 Å². The fourth-order valence-electron chi connectivity index (χ4n) is 5.90. The lowest BCUT2D eigenvalue weighted by Gasteiger charge is -2.39. The highest BCUT2D eigenvalue weighted by molar-refractivity contribution is 5.84. The zero-order chi connectivity index (χ0) is 24.3. The monoisotopic (exact) mass is 481 g/mol. The highest BCUT2D eigenvalue weighted by atomic mass is 16.5. The molecule has 186 valence electrons. The molecule has 2 aliphatic rings. The third-order valence-electron chi connectivity index (χ3n) is 7.75. The fraction of sp³-hybridized carbons (Fsp3) is 0.387. The molecule has 0 radical (unpaired) electrons. The molecule has 3 aromatic carbocycles. The van der Waals surface area contributed by atoms with Crippen molar-refractivity contribution in [3.05, 3.63) is 84.6 Å². The van der Waals surface area contributed by atoms with Crippen LogP contribution >= 0.6 is 0 Å². The summed E-state index contributed by atoms with van der Waals surface area (Å²) in [4.78, 5) is 2.50. The molecule has 0 spiro atoms. The molecule has 5 heteroatoms. The van der Waals surface area contributed by atoms with Gasteiger partial charge in [0.1, 0.15) is 11.9 Å². The van der Waals surface area contributed by atoms with Crippen molar-refractivity contribution in [3.63, 3.8) is 0 Å². The molecule has 2 fully saturated rings. The largest absolute Gasteiger partial charge is 0.490 e. The molecule has 4 aromatic rings. The standard InChI is InChI=1S/C31H35N3O2/c1-23-28-22-32-34(31-17-8-9-20-35-31)29(28)18-19-30(23)36-27-16-10-15-26(21-27)33(24-11-4-2-5-12-24)25-13-6-3-7-14-25/h2-7,11-14,18-19,22,26-27,31H,8-10,15-17,20-21H2,1H3. The number of ether oxygens (including phenoxy) is 2. The van der Waals surface area contributed by atoms with Crippen molar-refractivity contribution < 1.29 is 9.47 Å². The number of hydrogen-bond donors (Lipinski definition) is 0. The Kier molecular flexibility index (Phi) is 6.65. The van der Waals surface area contributed by atoms with E-state index in [1.807, 2.05) is 6.20 Å². The van der Waals surface area contributed by atoms with Gasteiger partial charge in [0.15, 0.2) is 6.23 Å². The van der Waals surface area contributed by atoms with E-state index < -0.39 is 0 Å². The summed E-state index contributed by atoms with van der Waals surface area (Å²) < 4.78 is 14.8. The quantitative estimate of drug-likeness (QED) is 0.285. The van der Waals surface area contributed by atoms with E-state index in [0.717, 1.165) is 61.8 Å². The second-order valence-electron chi connectivity index (χ2n) is 10.1. The van der Waals surface area contributed by atoms with Crippen molar-refractivity contribution in [2.75, 3.05) is 11.5 Å². The van der Waals surface area contributed by atoms with Crippen LogP contribution in [0.1, 0.15) is 56.7 Å². The number of fused-ring (bicyclic) bond motifs is 1. The Morgan fingerprint density at radius 3 is 2.31 bits per heavy atom. The molecule has 2 heterocycles. The molecular weight excluding hydrogens is 446 g/mol. The van der Waals surface area contributed by atoms with Gasteiger partial charge in [-0.05, 0) is 81.8 Å². The van der Waals surface area contributed by atoms with E-state index in [1.165, 1.54) is 23.4 Å². The van der Waals surface area contributed by atoms with Crippen molar-refractivity contribution in [2.24, 2.45) is 0 Å². The van der Waals surface area contributed by atoms with Crippen molar-refractivity contribution in [1.29, 1.82) is 0 Å². The van der Waals surface area contributed by atoms with Gasteiger partial charge < -0.3 is 14.4 Å². The summed E-state index contributed by atoms with van der Waals surface area (Å²) in [6, 6.07) is 26.2. The molecule has 36 heavy (non-hydrogen) atoms. The van der Waals surface area contributed by atoms with Crippen molar-refractivity contribution in [1.82, 2.24) is 9.78 Å². The number of benzene rings is 3. The summed E-state index contributed by atoms with van der Waals surface area (Å²) in [5, 5.41) is 5.86. The highest BCUT2D eigenvalue weighted by Crippen LogP contribution is 2.37. The Bertz CT molecular complexity index is 1240. The van der Waals surface area contributed by atoms with Gasteiger partial charge in [0.05, 0.1) is 11.7 Å². The van der Waals surface area contributed by atoms with Gasteiger partial charge in [-0.3, -0.25) is 0 Å². The fourth-order valence-corrected chi connectivity index (χ4v) is 5.90. The molecule has 3 atom stereocenters. The minimum Gasteiger partial charge on any atom is -0.490 e. The Balaban J connectivity index is 1.23. The van der Waals surface area contributed by atoms with Crippen molar-refractivity contribution >= 4 is 22.3 Å². The molecule has 6 rings (SSSR count). The molecule has 0 amide bonds. The lowest BCUT2D eigenvalue weighted by atomic mass is 9.90. The van der Waals surface area contributed by atoms with Crippen LogP contribution in [-0.2, 0) is 4.74 Å². The first-order valence-electron chi connectivity index (χ1n) is 13.4. The van der Waals surface area contributed by atoms with Gasteiger partial charge in [0.25, 0.3) is 0 Å². The van der Waals surface area contributed by atoms with Gasteiger partial charge in [-0.25, -0.2) is 4.68 Å². The van der Waals surface area contributed by atoms with Gasteiger partial charge in [-0.15, -0.1) is 0 Å². The van der Waals surface area contributed by atoms with Gasteiger partial charge in [0.2, 0.25) is 0 Å². The third-order valence-corrected chi connectivity index (χ3v) is 7.75. The first-order valence-corrected chi connectivity index (χ1v) is 13.4. The number of aromatic nitrogens is 2. The van der Waals surface area contributed by atoms with Gasteiger partial charge in [-0.1, -0.05) is 36.4 Å². The van der Waals surface area contributed by atoms with Crippen LogP contribution in [0.25, 0.3) is 10.9 Å². The van der Waals surface area contributed by atoms with Crippen LogP contribution in [0.2, 0.25) is 0 Å².